The topological polar surface area (TPSA) is 66.4 Å². The Morgan fingerprint density at radius 1 is 1.06 bits per heavy atom. The minimum Gasteiger partial charge on any atom is -0.396 e. The zero-order valence-electron chi connectivity index (χ0n) is 10.3. The molecule has 1 heterocycles. The second-order valence-corrected chi connectivity index (χ2v) is 7.77. The zero-order valence-corrected chi connectivity index (χ0v) is 11.1. The molecule has 0 amide bonds. The predicted octanol–water partition coefficient (Wildman–Crippen LogP) is 0.562. The first-order valence-corrected chi connectivity index (χ1v) is 8.47. The van der Waals surface area contributed by atoms with Gasteiger partial charge >= 0.3 is 0 Å². The van der Waals surface area contributed by atoms with Crippen molar-refractivity contribution in [2.45, 2.75) is 38.1 Å². The van der Waals surface area contributed by atoms with Crippen LogP contribution in [0.4, 0.5) is 0 Å². The number of hydrogen-bond acceptors (Lipinski definition) is 4. The Balaban J connectivity index is 1.72. The van der Waals surface area contributed by atoms with Crippen molar-refractivity contribution < 1.29 is 13.5 Å². The highest BCUT2D eigenvalue weighted by molar-refractivity contribution is 7.91. The van der Waals surface area contributed by atoms with Gasteiger partial charge in [0.1, 0.15) is 9.84 Å². The second kappa shape index (κ2) is 5.67. The average Bonchev–Trinajstić information content (AvgIpc) is 2.75. The van der Waals surface area contributed by atoms with Crippen LogP contribution in [-0.4, -0.2) is 44.2 Å². The SMILES string of the molecule is O=S1(=O)CCC(NCC2CCCC2CO)CC1. The maximum atomic E-state index is 11.3. The van der Waals surface area contributed by atoms with Crippen molar-refractivity contribution >= 4 is 9.84 Å². The highest BCUT2D eigenvalue weighted by Gasteiger charge is 2.28. The van der Waals surface area contributed by atoms with Gasteiger partial charge in [0.25, 0.3) is 0 Å². The van der Waals surface area contributed by atoms with Gasteiger partial charge < -0.3 is 10.4 Å². The molecule has 1 aliphatic carbocycles. The Kier molecular flexibility index (Phi) is 4.44. The van der Waals surface area contributed by atoms with E-state index in [0.717, 1.165) is 25.8 Å². The molecular weight excluding hydrogens is 238 g/mol. The number of rotatable bonds is 4. The van der Waals surface area contributed by atoms with E-state index >= 15 is 0 Å². The van der Waals surface area contributed by atoms with Crippen molar-refractivity contribution in [3.63, 3.8) is 0 Å². The van der Waals surface area contributed by atoms with Gasteiger partial charge in [-0.15, -0.1) is 0 Å². The van der Waals surface area contributed by atoms with Crippen LogP contribution in [0.15, 0.2) is 0 Å². The Labute approximate surface area is 104 Å². The molecule has 2 aliphatic rings. The Morgan fingerprint density at radius 2 is 1.71 bits per heavy atom. The summed E-state index contributed by atoms with van der Waals surface area (Å²) in [7, 11) is -2.75. The third-order valence-electron chi connectivity index (χ3n) is 4.27. The van der Waals surface area contributed by atoms with Crippen LogP contribution in [0.25, 0.3) is 0 Å². The normalized spacial score (nSPS) is 33.9. The summed E-state index contributed by atoms with van der Waals surface area (Å²) in [6, 6.07) is 0.360. The molecule has 2 fully saturated rings. The fraction of sp³-hybridized carbons (Fsp3) is 1.00. The molecule has 0 spiro atoms. The van der Waals surface area contributed by atoms with Gasteiger partial charge in [0.15, 0.2) is 0 Å². The molecule has 0 radical (unpaired) electrons. The lowest BCUT2D eigenvalue weighted by Gasteiger charge is -2.26. The fourth-order valence-electron chi connectivity index (χ4n) is 3.03. The second-order valence-electron chi connectivity index (χ2n) is 5.47. The van der Waals surface area contributed by atoms with Gasteiger partial charge in [0, 0.05) is 12.6 Å². The zero-order chi connectivity index (χ0) is 12.3. The van der Waals surface area contributed by atoms with E-state index in [0.29, 0.717) is 36.0 Å². The highest BCUT2D eigenvalue weighted by Crippen LogP contribution is 2.30. The van der Waals surface area contributed by atoms with Crippen LogP contribution >= 0.6 is 0 Å². The van der Waals surface area contributed by atoms with Crippen LogP contribution in [0.5, 0.6) is 0 Å². The molecule has 1 saturated carbocycles. The van der Waals surface area contributed by atoms with Crippen molar-refractivity contribution in [2.75, 3.05) is 24.7 Å². The minimum absolute atomic E-state index is 0.297. The van der Waals surface area contributed by atoms with Gasteiger partial charge in [-0.05, 0) is 44.1 Å². The molecule has 2 N–H and O–H groups in total. The summed E-state index contributed by atoms with van der Waals surface area (Å²) in [6.07, 6.45) is 5.06. The summed E-state index contributed by atoms with van der Waals surface area (Å²) in [5, 5.41) is 12.7. The molecule has 0 bridgehead atoms. The third kappa shape index (κ3) is 3.66. The molecular formula is C12H23NO3S. The fourth-order valence-corrected chi connectivity index (χ4v) is 4.53. The number of sulfone groups is 1. The monoisotopic (exact) mass is 261 g/mol. The maximum Gasteiger partial charge on any atom is 0.150 e. The summed E-state index contributed by atoms with van der Waals surface area (Å²) in [5.74, 6) is 1.70. The number of aliphatic hydroxyl groups is 1. The Morgan fingerprint density at radius 3 is 2.35 bits per heavy atom. The average molecular weight is 261 g/mol. The van der Waals surface area contributed by atoms with E-state index in [1.807, 2.05) is 0 Å². The van der Waals surface area contributed by atoms with Crippen LogP contribution in [-0.2, 0) is 9.84 Å². The minimum atomic E-state index is -2.75. The molecule has 0 aromatic rings. The standard InChI is InChI=1S/C12H23NO3S/c14-9-11-3-1-2-10(11)8-13-12-4-6-17(15,16)7-5-12/h10-14H,1-9H2. The molecule has 2 atom stereocenters. The summed E-state index contributed by atoms with van der Waals surface area (Å²) in [6.45, 7) is 1.24. The van der Waals surface area contributed by atoms with E-state index in [2.05, 4.69) is 5.32 Å². The van der Waals surface area contributed by atoms with Gasteiger partial charge in [-0.1, -0.05) is 6.42 Å². The van der Waals surface area contributed by atoms with Crippen LogP contribution in [0, 0.1) is 11.8 Å². The Bertz CT molecular complexity index is 328. The van der Waals surface area contributed by atoms with Gasteiger partial charge in [0.05, 0.1) is 11.5 Å². The van der Waals surface area contributed by atoms with Crippen LogP contribution in [0.1, 0.15) is 32.1 Å². The van der Waals surface area contributed by atoms with Crippen molar-refractivity contribution in [3.05, 3.63) is 0 Å². The molecule has 1 saturated heterocycles. The van der Waals surface area contributed by atoms with Crippen LogP contribution in [0.2, 0.25) is 0 Å². The summed E-state index contributed by atoms with van der Waals surface area (Å²) in [5.41, 5.74) is 0. The molecule has 0 aromatic carbocycles. The van der Waals surface area contributed by atoms with Gasteiger partial charge in [-0.25, -0.2) is 8.42 Å². The number of nitrogens with one attached hydrogen (secondary N) is 1. The van der Waals surface area contributed by atoms with Crippen molar-refractivity contribution in [2.24, 2.45) is 11.8 Å². The number of aliphatic hydroxyl groups excluding tert-OH is 1. The van der Waals surface area contributed by atoms with E-state index in [1.165, 1.54) is 12.8 Å². The van der Waals surface area contributed by atoms with E-state index in [1.54, 1.807) is 0 Å². The van der Waals surface area contributed by atoms with E-state index < -0.39 is 9.84 Å². The summed E-state index contributed by atoms with van der Waals surface area (Å²) in [4.78, 5) is 0. The predicted molar refractivity (Wildman–Crippen MR) is 67.6 cm³/mol. The highest BCUT2D eigenvalue weighted by atomic mass is 32.2. The van der Waals surface area contributed by atoms with E-state index in [-0.39, 0.29) is 0 Å². The van der Waals surface area contributed by atoms with Crippen LogP contribution < -0.4 is 5.32 Å². The summed E-state index contributed by atoms with van der Waals surface area (Å²) >= 11 is 0. The molecule has 4 nitrogen and oxygen atoms in total. The lowest BCUT2D eigenvalue weighted by molar-refractivity contribution is 0.189. The first-order valence-electron chi connectivity index (χ1n) is 6.65. The van der Waals surface area contributed by atoms with Crippen molar-refractivity contribution in [3.8, 4) is 0 Å². The van der Waals surface area contributed by atoms with E-state index in [9.17, 15) is 13.5 Å². The quantitative estimate of drug-likeness (QED) is 0.776. The van der Waals surface area contributed by atoms with Gasteiger partial charge in [-0.2, -0.15) is 0 Å². The van der Waals surface area contributed by atoms with Gasteiger partial charge in [-0.3, -0.25) is 0 Å². The van der Waals surface area contributed by atoms with Crippen molar-refractivity contribution in [1.82, 2.24) is 5.32 Å². The lowest BCUT2D eigenvalue weighted by atomic mass is 9.96. The molecule has 100 valence electrons. The lowest BCUT2D eigenvalue weighted by Crippen LogP contribution is -2.40. The first kappa shape index (κ1) is 13.3. The number of hydrogen-bond donors (Lipinski definition) is 2. The molecule has 2 rings (SSSR count). The molecule has 5 heteroatoms. The Hall–Kier alpha value is -0.130. The maximum absolute atomic E-state index is 11.3. The summed E-state index contributed by atoms with van der Waals surface area (Å²) < 4.78 is 22.6. The molecule has 2 unspecified atom stereocenters. The van der Waals surface area contributed by atoms with Crippen LogP contribution in [0.3, 0.4) is 0 Å². The third-order valence-corrected chi connectivity index (χ3v) is 5.99. The molecule has 17 heavy (non-hydrogen) atoms. The first-order chi connectivity index (χ1) is 8.11. The van der Waals surface area contributed by atoms with E-state index in [4.69, 9.17) is 0 Å². The van der Waals surface area contributed by atoms with Crippen molar-refractivity contribution in [1.29, 1.82) is 0 Å². The smallest absolute Gasteiger partial charge is 0.150 e. The van der Waals surface area contributed by atoms with Gasteiger partial charge in [0.2, 0.25) is 0 Å². The molecule has 0 aromatic heterocycles. The molecule has 1 aliphatic heterocycles. The largest absolute Gasteiger partial charge is 0.396 e.